The van der Waals surface area contributed by atoms with Crippen molar-refractivity contribution < 1.29 is 14.3 Å². The molecule has 0 spiro atoms. The van der Waals surface area contributed by atoms with Gasteiger partial charge in [-0.05, 0) is 24.1 Å². The molecule has 3 rings (SSSR count). The molecule has 2 N–H and O–H groups in total. The van der Waals surface area contributed by atoms with Crippen LogP contribution < -0.4 is 14.8 Å². The Morgan fingerprint density at radius 2 is 2.26 bits per heavy atom. The SMILES string of the molecule is O=C(CCc1ccc2c(c1)OCO2)Nc1cn[nH]c1. The first-order valence-corrected chi connectivity index (χ1v) is 5.98. The largest absolute Gasteiger partial charge is 0.454 e. The second kappa shape index (κ2) is 5.01. The van der Waals surface area contributed by atoms with E-state index in [1.165, 1.54) is 0 Å². The number of nitrogens with one attached hydrogen (secondary N) is 2. The first kappa shape index (κ1) is 11.6. The maximum absolute atomic E-state index is 11.7. The third-order valence-electron chi connectivity index (χ3n) is 2.86. The maximum Gasteiger partial charge on any atom is 0.231 e. The number of benzene rings is 1. The number of hydrogen-bond acceptors (Lipinski definition) is 4. The number of rotatable bonds is 4. The van der Waals surface area contributed by atoms with E-state index >= 15 is 0 Å². The van der Waals surface area contributed by atoms with Gasteiger partial charge in [-0.15, -0.1) is 0 Å². The molecular formula is C13H13N3O3. The van der Waals surface area contributed by atoms with Gasteiger partial charge < -0.3 is 14.8 Å². The predicted molar refractivity (Wildman–Crippen MR) is 68.1 cm³/mol. The molecule has 0 fully saturated rings. The minimum Gasteiger partial charge on any atom is -0.454 e. The molecule has 2 heterocycles. The number of fused-ring (bicyclic) bond motifs is 1. The van der Waals surface area contributed by atoms with Crippen LogP contribution in [0.5, 0.6) is 11.5 Å². The lowest BCUT2D eigenvalue weighted by Crippen LogP contribution is -2.11. The fourth-order valence-corrected chi connectivity index (χ4v) is 1.90. The number of amides is 1. The van der Waals surface area contributed by atoms with Crippen molar-refractivity contribution in [3.05, 3.63) is 36.2 Å². The second-order valence-electron chi connectivity index (χ2n) is 4.22. The van der Waals surface area contributed by atoms with E-state index < -0.39 is 0 Å². The summed E-state index contributed by atoms with van der Waals surface area (Å²) in [7, 11) is 0. The molecule has 0 saturated heterocycles. The number of carbonyl (C=O) groups excluding carboxylic acids is 1. The Bertz CT molecular complexity index is 581. The first-order valence-electron chi connectivity index (χ1n) is 5.98. The summed E-state index contributed by atoms with van der Waals surface area (Å²) in [4.78, 5) is 11.7. The van der Waals surface area contributed by atoms with E-state index in [-0.39, 0.29) is 12.7 Å². The summed E-state index contributed by atoms with van der Waals surface area (Å²) < 4.78 is 10.5. The van der Waals surface area contributed by atoms with Gasteiger partial charge in [0, 0.05) is 12.6 Å². The fraction of sp³-hybridized carbons (Fsp3) is 0.231. The van der Waals surface area contributed by atoms with Crippen molar-refractivity contribution in [3.63, 3.8) is 0 Å². The second-order valence-corrected chi connectivity index (χ2v) is 4.22. The monoisotopic (exact) mass is 259 g/mol. The number of H-pyrrole nitrogens is 1. The Balaban J connectivity index is 1.56. The number of aromatic amines is 1. The van der Waals surface area contributed by atoms with E-state index in [1.807, 2.05) is 18.2 Å². The molecule has 6 heteroatoms. The van der Waals surface area contributed by atoms with Crippen LogP contribution in [0.1, 0.15) is 12.0 Å². The number of aromatic nitrogens is 2. The number of carbonyl (C=O) groups is 1. The van der Waals surface area contributed by atoms with E-state index in [0.717, 1.165) is 17.1 Å². The molecule has 0 unspecified atom stereocenters. The quantitative estimate of drug-likeness (QED) is 0.876. The normalized spacial score (nSPS) is 12.4. The fourth-order valence-electron chi connectivity index (χ4n) is 1.90. The summed E-state index contributed by atoms with van der Waals surface area (Å²) in [5.41, 5.74) is 1.72. The molecule has 1 aliphatic rings. The lowest BCUT2D eigenvalue weighted by molar-refractivity contribution is -0.116. The average Bonchev–Trinajstić information content (AvgIpc) is 3.06. The van der Waals surface area contributed by atoms with Crippen LogP contribution in [0.4, 0.5) is 5.69 Å². The van der Waals surface area contributed by atoms with E-state index in [4.69, 9.17) is 9.47 Å². The maximum atomic E-state index is 11.7. The zero-order chi connectivity index (χ0) is 13.1. The standard InChI is InChI=1S/C13H13N3O3/c17-13(16-10-6-14-15-7-10)4-2-9-1-3-11-12(5-9)19-8-18-11/h1,3,5-7H,2,4,8H2,(H,14,15)(H,16,17). The average molecular weight is 259 g/mol. The van der Waals surface area contributed by atoms with Crippen LogP contribution >= 0.6 is 0 Å². The van der Waals surface area contributed by atoms with E-state index in [2.05, 4.69) is 15.5 Å². The Morgan fingerprint density at radius 3 is 3.11 bits per heavy atom. The number of anilines is 1. The molecule has 1 aromatic carbocycles. The summed E-state index contributed by atoms with van der Waals surface area (Å²) in [5.74, 6) is 1.46. The van der Waals surface area contributed by atoms with Gasteiger partial charge in [0.05, 0.1) is 11.9 Å². The van der Waals surface area contributed by atoms with E-state index in [1.54, 1.807) is 12.4 Å². The van der Waals surface area contributed by atoms with Crippen molar-refractivity contribution in [1.82, 2.24) is 10.2 Å². The van der Waals surface area contributed by atoms with Gasteiger partial charge in [-0.2, -0.15) is 5.10 Å². The predicted octanol–water partition coefficient (Wildman–Crippen LogP) is 1.71. The van der Waals surface area contributed by atoms with Crippen LogP contribution in [0.15, 0.2) is 30.6 Å². The number of aryl methyl sites for hydroxylation is 1. The highest BCUT2D eigenvalue weighted by Gasteiger charge is 2.13. The van der Waals surface area contributed by atoms with Gasteiger partial charge in [-0.1, -0.05) is 6.07 Å². The van der Waals surface area contributed by atoms with Crippen molar-refractivity contribution in [2.45, 2.75) is 12.8 Å². The minimum atomic E-state index is -0.0425. The number of hydrogen-bond donors (Lipinski definition) is 2. The third-order valence-corrected chi connectivity index (χ3v) is 2.86. The molecule has 0 saturated carbocycles. The van der Waals surface area contributed by atoms with E-state index in [9.17, 15) is 4.79 Å². The number of nitrogens with zero attached hydrogens (tertiary/aromatic N) is 1. The summed E-state index contributed by atoms with van der Waals surface area (Å²) in [6.07, 6.45) is 4.27. The molecule has 1 aromatic heterocycles. The van der Waals surface area contributed by atoms with Crippen LogP contribution in [0.3, 0.4) is 0 Å². The van der Waals surface area contributed by atoms with Crippen LogP contribution in [0.2, 0.25) is 0 Å². The molecule has 19 heavy (non-hydrogen) atoms. The Kier molecular flexibility index (Phi) is 3.06. The van der Waals surface area contributed by atoms with Gasteiger partial charge in [0.2, 0.25) is 12.7 Å². The Morgan fingerprint density at radius 1 is 1.37 bits per heavy atom. The van der Waals surface area contributed by atoms with Crippen molar-refractivity contribution in [2.24, 2.45) is 0 Å². The van der Waals surface area contributed by atoms with Gasteiger partial charge in [-0.3, -0.25) is 9.89 Å². The van der Waals surface area contributed by atoms with Gasteiger partial charge in [0.1, 0.15) is 0 Å². The molecule has 2 aromatic rings. The minimum absolute atomic E-state index is 0.0425. The molecule has 0 atom stereocenters. The zero-order valence-corrected chi connectivity index (χ0v) is 10.2. The van der Waals surface area contributed by atoms with Gasteiger partial charge in [0.15, 0.2) is 11.5 Å². The highest BCUT2D eigenvalue weighted by Crippen LogP contribution is 2.32. The topological polar surface area (TPSA) is 76.2 Å². The molecule has 1 amide bonds. The molecule has 0 aliphatic carbocycles. The van der Waals surface area contributed by atoms with Gasteiger partial charge >= 0.3 is 0 Å². The Hall–Kier alpha value is -2.50. The highest BCUT2D eigenvalue weighted by molar-refractivity contribution is 5.90. The zero-order valence-electron chi connectivity index (χ0n) is 10.2. The molecule has 1 aliphatic heterocycles. The summed E-state index contributed by atoms with van der Waals surface area (Å²) in [5, 5.41) is 9.16. The molecule has 0 bridgehead atoms. The third kappa shape index (κ3) is 2.67. The van der Waals surface area contributed by atoms with E-state index in [0.29, 0.717) is 18.5 Å². The molecule has 0 radical (unpaired) electrons. The summed E-state index contributed by atoms with van der Waals surface area (Å²) >= 11 is 0. The van der Waals surface area contributed by atoms with Crippen molar-refractivity contribution >= 4 is 11.6 Å². The van der Waals surface area contributed by atoms with Crippen molar-refractivity contribution in [3.8, 4) is 11.5 Å². The van der Waals surface area contributed by atoms with Crippen molar-refractivity contribution in [1.29, 1.82) is 0 Å². The lowest BCUT2D eigenvalue weighted by Gasteiger charge is -2.04. The molecular weight excluding hydrogens is 246 g/mol. The Labute approximate surface area is 109 Å². The first-order chi connectivity index (χ1) is 9.31. The molecule has 98 valence electrons. The number of ether oxygens (including phenoxy) is 2. The molecule has 6 nitrogen and oxygen atoms in total. The van der Waals surface area contributed by atoms with Crippen LogP contribution in [-0.2, 0) is 11.2 Å². The van der Waals surface area contributed by atoms with Crippen LogP contribution in [-0.4, -0.2) is 22.9 Å². The van der Waals surface area contributed by atoms with Crippen molar-refractivity contribution in [2.75, 3.05) is 12.1 Å². The van der Waals surface area contributed by atoms with Gasteiger partial charge in [-0.25, -0.2) is 0 Å². The highest BCUT2D eigenvalue weighted by atomic mass is 16.7. The van der Waals surface area contributed by atoms with Crippen LogP contribution in [0.25, 0.3) is 0 Å². The smallest absolute Gasteiger partial charge is 0.231 e. The van der Waals surface area contributed by atoms with Gasteiger partial charge in [0.25, 0.3) is 0 Å². The lowest BCUT2D eigenvalue weighted by atomic mass is 10.1. The summed E-state index contributed by atoms with van der Waals surface area (Å²) in [6.45, 7) is 0.264. The summed E-state index contributed by atoms with van der Waals surface area (Å²) in [6, 6.07) is 5.72. The van der Waals surface area contributed by atoms with Crippen LogP contribution in [0, 0.1) is 0 Å².